The number of aromatic nitrogens is 1. The Hall–Kier alpha value is -3.19. The number of nitrogens with zero attached hydrogens (tertiary/aromatic N) is 1. The molecule has 1 amide bonds. The van der Waals surface area contributed by atoms with Gasteiger partial charge in [0.15, 0.2) is 0 Å². The van der Waals surface area contributed by atoms with Crippen LogP contribution in [0.25, 0.3) is 10.9 Å². The molecule has 1 aliphatic carbocycles. The second-order valence-electron chi connectivity index (χ2n) is 9.10. The van der Waals surface area contributed by atoms with Crippen molar-refractivity contribution in [3.8, 4) is 0 Å². The summed E-state index contributed by atoms with van der Waals surface area (Å²) >= 11 is 1.77. The number of halogens is 3. The van der Waals surface area contributed by atoms with Gasteiger partial charge in [0, 0.05) is 46.1 Å². The number of hydrogen-bond acceptors (Lipinski definition) is 2. The van der Waals surface area contributed by atoms with Crippen LogP contribution in [0.15, 0.2) is 77.7 Å². The number of alkyl halides is 3. The van der Waals surface area contributed by atoms with E-state index in [0.29, 0.717) is 18.2 Å². The van der Waals surface area contributed by atoms with Crippen LogP contribution in [-0.4, -0.2) is 16.2 Å². The van der Waals surface area contributed by atoms with E-state index in [1.165, 1.54) is 11.0 Å². The molecule has 1 N–H and O–H groups in total. The lowest BCUT2D eigenvalue weighted by atomic mass is 10.0. The van der Waals surface area contributed by atoms with E-state index in [1.807, 2.05) is 30.3 Å². The monoisotopic (exact) mass is 508 g/mol. The summed E-state index contributed by atoms with van der Waals surface area (Å²) in [5.41, 5.74) is 3.02. The summed E-state index contributed by atoms with van der Waals surface area (Å²) in [5, 5.41) is 3.84. The van der Waals surface area contributed by atoms with E-state index in [9.17, 15) is 18.0 Å². The van der Waals surface area contributed by atoms with Gasteiger partial charge in [0.1, 0.15) is 0 Å². The maximum atomic E-state index is 13.6. The molecule has 1 aliphatic rings. The average molecular weight is 509 g/mol. The molecule has 0 aliphatic heterocycles. The molecule has 1 heterocycles. The van der Waals surface area contributed by atoms with Crippen molar-refractivity contribution in [3.05, 3.63) is 101 Å². The smallest absolute Gasteiger partial charge is 0.348 e. The Morgan fingerprint density at radius 2 is 1.78 bits per heavy atom. The second kappa shape index (κ2) is 10.1. The summed E-state index contributed by atoms with van der Waals surface area (Å²) in [7, 11) is 0. The lowest BCUT2D eigenvalue weighted by Gasteiger charge is -2.14. The highest BCUT2D eigenvalue weighted by Crippen LogP contribution is 2.41. The van der Waals surface area contributed by atoms with Crippen LogP contribution in [-0.2, 0) is 19.1 Å². The summed E-state index contributed by atoms with van der Waals surface area (Å²) in [6, 6.07) is 21.7. The Morgan fingerprint density at radius 1 is 1.03 bits per heavy atom. The van der Waals surface area contributed by atoms with Gasteiger partial charge in [-0.2, -0.15) is 13.2 Å². The summed E-state index contributed by atoms with van der Waals surface area (Å²) in [6.07, 6.45) is -2.19. The van der Waals surface area contributed by atoms with Crippen LogP contribution in [0.3, 0.4) is 0 Å². The van der Waals surface area contributed by atoms with Crippen LogP contribution in [0.2, 0.25) is 0 Å². The molecular formula is C29H27F3N2OS. The largest absolute Gasteiger partial charge is 0.416 e. The van der Waals surface area contributed by atoms with Crippen molar-refractivity contribution in [2.45, 2.75) is 49.8 Å². The summed E-state index contributed by atoms with van der Waals surface area (Å²) in [4.78, 5) is 14.1. The van der Waals surface area contributed by atoms with Gasteiger partial charge in [-0.05, 0) is 72.2 Å². The molecular weight excluding hydrogens is 481 g/mol. The van der Waals surface area contributed by atoms with E-state index in [1.54, 1.807) is 30.0 Å². The first-order chi connectivity index (χ1) is 17.3. The minimum absolute atomic E-state index is 0.174. The number of nitrogens with one attached hydrogen (secondary N) is 1. The van der Waals surface area contributed by atoms with Gasteiger partial charge in [-0.3, -0.25) is 4.79 Å². The lowest BCUT2D eigenvalue weighted by molar-refractivity contribution is -0.138. The van der Waals surface area contributed by atoms with Gasteiger partial charge in [-0.25, -0.2) is 0 Å². The number of carbonyl (C=O) groups is 1. The maximum absolute atomic E-state index is 13.6. The molecule has 5 rings (SSSR count). The van der Waals surface area contributed by atoms with Crippen molar-refractivity contribution >= 4 is 28.6 Å². The van der Waals surface area contributed by atoms with Crippen molar-refractivity contribution in [2.75, 3.05) is 5.75 Å². The maximum Gasteiger partial charge on any atom is 0.416 e. The number of amides is 1. The quantitative estimate of drug-likeness (QED) is 0.248. The number of carbonyl (C=O) groups excluding carboxylic acids is 1. The highest BCUT2D eigenvalue weighted by molar-refractivity contribution is 7.99. The first-order valence-corrected chi connectivity index (χ1v) is 13.1. The highest BCUT2D eigenvalue weighted by Gasteiger charge is 2.34. The zero-order valence-electron chi connectivity index (χ0n) is 19.9. The van der Waals surface area contributed by atoms with Crippen LogP contribution >= 0.6 is 11.8 Å². The molecule has 36 heavy (non-hydrogen) atoms. The fourth-order valence-electron chi connectivity index (χ4n) is 4.64. The zero-order valence-corrected chi connectivity index (χ0v) is 20.8. The van der Waals surface area contributed by atoms with E-state index in [0.717, 1.165) is 46.8 Å². The lowest BCUT2D eigenvalue weighted by Crippen LogP contribution is -2.22. The Balaban J connectivity index is 1.38. The van der Waals surface area contributed by atoms with Gasteiger partial charge in [-0.15, -0.1) is 11.8 Å². The van der Waals surface area contributed by atoms with Crippen molar-refractivity contribution in [1.82, 2.24) is 9.88 Å². The van der Waals surface area contributed by atoms with E-state index in [2.05, 4.69) is 28.9 Å². The summed E-state index contributed by atoms with van der Waals surface area (Å²) in [6.45, 7) is 2.54. The standard InChI is InChI=1S/C29H27F3N2OS/c1-2-36-25-12-7-19(8-13-25)18-33-28(35)21-9-14-27-22(15-21)17-24(34(27)23-10-11-23)16-20-5-3-4-6-26(20)29(30,31)32/h3-9,12-15,17,23H,2,10-11,16,18H2,1H3,(H,33,35). The Labute approximate surface area is 212 Å². The van der Waals surface area contributed by atoms with Crippen LogP contribution < -0.4 is 5.32 Å². The molecule has 0 unspecified atom stereocenters. The summed E-state index contributed by atoms with van der Waals surface area (Å²) in [5.74, 6) is 0.837. The van der Waals surface area contributed by atoms with Crippen molar-refractivity contribution in [2.24, 2.45) is 0 Å². The van der Waals surface area contributed by atoms with Gasteiger partial charge in [0.2, 0.25) is 0 Å². The topological polar surface area (TPSA) is 34.0 Å². The SMILES string of the molecule is CCSc1ccc(CNC(=O)c2ccc3c(c2)cc(Cc2ccccc2C(F)(F)F)n3C2CC2)cc1. The Morgan fingerprint density at radius 3 is 2.47 bits per heavy atom. The number of fused-ring (bicyclic) bond motifs is 1. The van der Waals surface area contributed by atoms with Crippen LogP contribution in [0.4, 0.5) is 13.2 Å². The number of hydrogen-bond donors (Lipinski definition) is 1. The molecule has 1 saturated carbocycles. The minimum atomic E-state index is -4.40. The predicted molar refractivity (Wildman–Crippen MR) is 138 cm³/mol. The normalized spacial score (nSPS) is 13.8. The van der Waals surface area contributed by atoms with E-state index >= 15 is 0 Å². The molecule has 4 aromatic rings. The number of benzene rings is 3. The molecule has 0 saturated heterocycles. The zero-order chi connectivity index (χ0) is 25.3. The predicted octanol–water partition coefficient (Wildman–Crippen LogP) is 7.63. The molecule has 186 valence electrons. The fourth-order valence-corrected chi connectivity index (χ4v) is 5.30. The fraction of sp³-hybridized carbons (Fsp3) is 0.276. The molecule has 3 aromatic carbocycles. The van der Waals surface area contributed by atoms with Gasteiger partial charge in [-0.1, -0.05) is 37.3 Å². The highest BCUT2D eigenvalue weighted by atomic mass is 32.2. The summed E-state index contributed by atoms with van der Waals surface area (Å²) < 4.78 is 42.9. The third kappa shape index (κ3) is 5.31. The van der Waals surface area contributed by atoms with Gasteiger partial charge in [0.05, 0.1) is 5.56 Å². The van der Waals surface area contributed by atoms with Crippen molar-refractivity contribution < 1.29 is 18.0 Å². The Bertz CT molecular complexity index is 1390. The molecule has 1 fully saturated rings. The number of rotatable bonds is 8. The van der Waals surface area contributed by atoms with Gasteiger partial charge >= 0.3 is 6.18 Å². The third-order valence-electron chi connectivity index (χ3n) is 6.47. The van der Waals surface area contributed by atoms with Gasteiger partial charge in [0.25, 0.3) is 5.91 Å². The van der Waals surface area contributed by atoms with E-state index in [-0.39, 0.29) is 17.9 Å². The molecule has 3 nitrogen and oxygen atoms in total. The second-order valence-corrected chi connectivity index (χ2v) is 10.4. The Kier molecular flexibility index (Phi) is 6.84. The van der Waals surface area contributed by atoms with Gasteiger partial charge < -0.3 is 9.88 Å². The molecule has 7 heteroatoms. The first kappa shape index (κ1) is 24.5. The molecule has 0 spiro atoms. The molecule has 1 aromatic heterocycles. The minimum Gasteiger partial charge on any atom is -0.348 e. The van der Waals surface area contributed by atoms with E-state index in [4.69, 9.17) is 0 Å². The first-order valence-electron chi connectivity index (χ1n) is 12.1. The molecule has 0 radical (unpaired) electrons. The third-order valence-corrected chi connectivity index (χ3v) is 7.37. The van der Waals surface area contributed by atoms with Crippen LogP contribution in [0.5, 0.6) is 0 Å². The average Bonchev–Trinajstić information content (AvgIpc) is 3.63. The van der Waals surface area contributed by atoms with Crippen molar-refractivity contribution in [3.63, 3.8) is 0 Å². The van der Waals surface area contributed by atoms with E-state index < -0.39 is 11.7 Å². The number of thioether (sulfide) groups is 1. The van der Waals surface area contributed by atoms with Crippen LogP contribution in [0.1, 0.15) is 58.5 Å². The van der Waals surface area contributed by atoms with Crippen molar-refractivity contribution in [1.29, 1.82) is 0 Å². The molecule has 0 bridgehead atoms. The molecule has 0 atom stereocenters. The van der Waals surface area contributed by atoms with Crippen LogP contribution in [0, 0.1) is 0 Å².